The van der Waals surface area contributed by atoms with Crippen molar-refractivity contribution in [1.82, 2.24) is 5.32 Å². The zero-order chi connectivity index (χ0) is 23.9. The molecule has 0 bridgehead atoms. The summed E-state index contributed by atoms with van der Waals surface area (Å²) in [4.78, 5) is 13.1. The largest absolute Gasteiger partial charge is 0.458 e. The lowest BCUT2D eigenvalue weighted by Gasteiger charge is -2.32. The lowest BCUT2D eigenvalue weighted by Crippen LogP contribution is -2.49. The minimum Gasteiger partial charge on any atom is -0.409 e. The molecule has 0 unspecified atom stereocenters. The molecule has 8 heteroatoms. The van der Waals surface area contributed by atoms with Crippen molar-refractivity contribution in [2.75, 3.05) is 10.5 Å². The van der Waals surface area contributed by atoms with E-state index in [0.717, 1.165) is 22.3 Å². The first kappa shape index (κ1) is 22.8. The van der Waals surface area contributed by atoms with Crippen LogP contribution in [0.4, 0.5) is 11.4 Å². The fraction of sp³-hybridized carbons (Fsp3) is 0.346. The molecule has 0 aromatic heterocycles. The summed E-state index contributed by atoms with van der Waals surface area (Å²) < 4.78 is 12.8. The zero-order valence-electron chi connectivity index (χ0n) is 20.2. The SMILES string of the molecule is CC1(C)OB([C@H](CC(=O)NCc2ccccc2)B2Nc3cccc4cccc(c34)N2)OC1(C)C. The molecule has 0 aliphatic carbocycles. The highest BCUT2D eigenvalue weighted by Gasteiger charge is 2.56. The van der Waals surface area contributed by atoms with Crippen LogP contribution in [0.2, 0.25) is 5.72 Å². The standard InChI is InChI=1S/C26H31B2N3O3/c1-25(2)26(3,4)34-28(33-25)22(16-23(32)29-17-18-10-6-5-7-11-18)27-30-20-14-8-12-19-13-9-15-21(31-27)24(19)20/h5-15,22,30-31H,16-17H2,1-4H3,(H,29,32)/t22-/m1/s1. The molecule has 3 aromatic carbocycles. The summed E-state index contributed by atoms with van der Waals surface area (Å²) in [6.07, 6.45) is 0.256. The molecule has 1 saturated heterocycles. The van der Waals surface area contributed by atoms with Gasteiger partial charge in [0, 0.05) is 35.4 Å². The lowest BCUT2D eigenvalue weighted by atomic mass is 9.44. The van der Waals surface area contributed by atoms with E-state index in [0.29, 0.717) is 6.54 Å². The molecule has 2 aliphatic heterocycles. The number of amides is 1. The summed E-state index contributed by atoms with van der Waals surface area (Å²) in [5, 5.41) is 12.6. The summed E-state index contributed by atoms with van der Waals surface area (Å²) in [6, 6.07) is 22.4. The van der Waals surface area contributed by atoms with Crippen molar-refractivity contribution >= 4 is 42.2 Å². The number of nitrogens with one attached hydrogen (secondary N) is 3. The van der Waals surface area contributed by atoms with Crippen molar-refractivity contribution in [1.29, 1.82) is 0 Å². The topological polar surface area (TPSA) is 71.6 Å². The van der Waals surface area contributed by atoms with Crippen LogP contribution >= 0.6 is 0 Å². The van der Waals surface area contributed by atoms with E-state index < -0.39 is 18.3 Å². The maximum absolute atomic E-state index is 13.1. The van der Waals surface area contributed by atoms with Crippen LogP contribution in [-0.2, 0) is 20.6 Å². The van der Waals surface area contributed by atoms with Crippen LogP contribution < -0.4 is 15.8 Å². The summed E-state index contributed by atoms with van der Waals surface area (Å²) in [5.74, 6) is -0.0377. The van der Waals surface area contributed by atoms with E-state index in [2.05, 4.69) is 40.0 Å². The van der Waals surface area contributed by atoms with Gasteiger partial charge in [-0.1, -0.05) is 54.6 Å². The van der Waals surface area contributed by atoms with E-state index in [1.165, 1.54) is 5.39 Å². The molecule has 0 spiro atoms. The number of carbonyl (C=O) groups excluding carboxylic acids is 1. The maximum atomic E-state index is 13.1. The van der Waals surface area contributed by atoms with Gasteiger partial charge in [0.2, 0.25) is 5.91 Å². The second kappa shape index (κ2) is 8.67. The molecule has 3 aromatic rings. The van der Waals surface area contributed by atoms with E-state index in [1.807, 2.05) is 70.2 Å². The third-order valence-electron chi connectivity index (χ3n) is 7.33. The first-order valence-electron chi connectivity index (χ1n) is 11.9. The van der Waals surface area contributed by atoms with Crippen LogP contribution in [0.3, 0.4) is 0 Å². The zero-order valence-corrected chi connectivity index (χ0v) is 20.2. The Morgan fingerprint density at radius 1 is 0.882 bits per heavy atom. The predicted octanol–water partition coefficient (Wildman–Crippen LogP) is 4.87. The maximum Gasteiger partial charge on any atom is 0.458 e. The quantitative estimate of drug-likeness (QED) is 0.463. The first-order chi connectivity index (χ1) is 16.2. The number of hydrogen-bond donors (Lipinski definition) is 3. The Labute approximate surface area is 202 Å². The van der Waals surface area contributed by atoms with E-state index in [-0.39, 0.29) is 25.0 Å². The Morgan fingerprint density at radius 3 is 2.06 bits per heavy atom. The summed E-state index contributed by atoms with van der Waals surface area (Å²) in [5.41, 5.74) is 1.93. The van der Waals surface area contributed by atoms with E-state index in [9.17, 15) is 4.79 Å². The number of benzene rings is 3. The van der Waals surface area contributed by atoms with Crippen LogP contribution in [0.25, 0.3) is 10.8 Å². The minimum absolute atomic E-state index is 0.0377. The monoisotopic (exact) mass is 455 g/mol. The van der Waals surface area contributed by atoms with Gasteiger partial charge in [0.1, 0.15) is 0 Å². The van der Waals surface area contributed by atoms with Crippen LogP contribution in [-0.4, -0.2) is 31.2 Å². The summed E-state index contributed by atoms with van der Waals surface area (Å²) in [7, 11) is -0.540. The highest BCUT2D eigenvalue weighted by Crippen LogP contribution is 2.43. The van der Waals surface area contributed by atoms with E-state index in [4.69, 9.17) is 9.31 Å². The molecule has 5 rings (SSSR count). The Hall–Kier alpha value is -2.96. The van der Waals surface area contributed by atoms with Gasteiger partial charge in [0.25, 0.3) is 0 Å². The predicted molar refractivity (Wildman–Crippen MR) is 140 cm³/mol. The van der Waals surface area contributed by atoms with Crippen molar-refractivity contribution in [3.8, 4) is 0 Å². The molecule has 1 amide bonds. The molecular formula is C26H31B2N3O3. The van der Waals surface area contributed by atoms with Crippen molar-refractivity contribution in [3.05, 3.63) is 72.3 Å². The highest BCUT2D eigenvalue weighted by atomic mass is 16.7. The second-order valence-corrected chi connectivity index (χ2v) is 10.2. The summed E-state index contributed by atoms with van der Waals surface area (Å²) in [6.45, 7) is 8.41. The van der Waals surface area contributed by atoms with Gasteiger partial charge in [0.15, 0.2) is 0 Å². The molecule has 1 fully saturated rings. The number of carbonyl (C=O) groups is 1. The lowest BCUT2D eigenvalue weighted by molar-refractivity contribution is -0.121. The normalized spacial score (nSPS) is 18.8. The van der Waals surface area contributed by atoms with E-state index >= 15 is 0 Å². The molecular weight excluding hydrogens is 424 g/mol. The van der Waals surface area contributed by atoms with Gasteiger partial charge in [-0.3, -0.25) is 4.79 Å². The highest BCUT2D eigenvalue weighted by molar-refractivity contribution is 6.80. The van der Waals surface area contributed by atoms with Crippen molar-refractivity contribution < 1.29 is 14.1 Å². The average Bonchev–Trinajstić information content (AvgIpc) is 3.03. The van der Waals surface area contributed by atoms with Gasteiger partial charge >= 0.3 is 14.1 Å². The smallest absolute Gasteiger partial charge is 0.409 e. The first-order valence-corrected chi connectivity index (χ1v) is 11.9. The van der Waals surface area contributed by atoms with Gasteiger partial charge in [-0.15, -0.1) is 0 Å². The van der Waals surface area contributed by atoms with E-state index in [1.54, 1.807) is 0 Å². The Kier molecular flexibility index (Phi) is 5.82. The van der Waals surface area contributed by atoms with Gasteiger partial charge in [-0.05, 0) is 50.8 Å². The van der Waals surface area contributed by atoms with Crippen LogP contribution in [0, 0.1) is 0 Å². The molecule has 3 N–H and O–H groups in total. The van der Waals surface area contributed by atoms with Crippen LogP contribution in [0.15, 0.2) is 66.7 Å². The third-order valence-corrected chi connectivity index (χ3v) is 7.33. The molecule has 2 aliphatic rings. The van der Waals surface area contributed by atoms with Crippen molar-refractivity contribution in [3.63, 3.8) is 0 Å². The fourth-order valence-corrected chi connectivity index (χ4v) is 4.68. The third kappa shape index (κ3) is 4.28. The molecule has 174 valence electrons. The average molecular weight is 455 g/mol. The number of rotatable bonds is 6. The fourth-order valence-electron chi connectivity index (χ4n) is 4.68. The molecule has 6 nitrogen and oxygen atoms in total. The second-order valence-electron chi connectivity index (χ2n) is 10.2. The molecule has 2 heterocycles. The van der Waals surface area contributed by atoms with Gasteiger partial charge in [-0.2, -0.15) is 0 Å². The van der Waals surface area contributed by atoms with Gasteiger partial charge < -0.3 is 25.1 Å². The molecule has 0 radical (unpaired) electrons. The Balaban J connectivity index is 1.40. The van der Waals surface area contributed by atoms with Crippen molar-refractivity contribution in [2.45, 2.75) is 57.6 Å². The molecule has 34 heavy (non-hydrogen) atoms. The van der Waals surface area contributed by atoms with Gasteiger partial charge in [-0.25, -0.2) is 0 Å². The number of hydrogen-bond acceptors (Lipinski definition) is 5. The molecule has 1 atom stereocenters. The van der Waals surface area contributed by atoms with Crippen LogP contribution in [0.1, 0.15) is 39.7 Å². The minimum atomic E-state index is -0.540. The Morgan fingerprint density at radius 2 is 1.47 bits per heavy atom. The van der Waals surface area contributed by atoms with Crippen LogP contribution in [0.5, 0.6) is 0 Å². The Bertz CT molecular complexity index is 1150. The molecule has 0 saturated carbocycles. The van der Waals surface area contributed by atoms with Crippen molar-refractivity contribution in [2.24, 2.45) is 0 Å². The number of anilines is 2. The summed E-state index contributed by atoms with van der Waals surface area (Å²) >= 11 is 0. The van der Waals surface area contributed by atoms with Gasteiger partial charge in [0.05, 0.1) is 11.2 Å².